The number of quaternary nitrogens is 1. The van der Waals surface area contributed by atoms with Crippen LogP contribution in [-0.2, 0) is 11.1 Å². The van der Waals surface area contributed by atoms with Crippen molar-refractivity contribution in [1.82, 2.24) is 0 Å². The van der Waals surface area contributed by atoms with Crippen molar-refractivity contribution < 1.29 is 4.48 Å². The third kappa shape index (κ3) is 1.51. The van der Waals surface area contributed by atoms with Gasteiger partial charge in [-0.1, -0.05) is 56.0 Å². The monoisotopic (exact) mass is 394 g/mol. The van der Waals surface area contributed by atoms with Gasteiger partial charge in [-0.15, -0.1) is 11.6 Å². The van der Waals surface area contributed by atoms with Gasteiger partial charge in [0.05, 0.1) is 6.42 Å². The van der Waals surface area contributed by atoms with E-state index in [1.807, 2.05) is 0 Å². The molecule has 1 nitrogen and oxygen atoms in total. The molecular formula is C26H33ClN+. The Kier molecular flexibility index (Phi) is 3.77. The fourth-order valence-electron chi connectivity index (χ4n) is 8.54. The lowest BCUT2D eigenvalue weighted by Gasteiger charge is -2.51. The summed E-state index contributed by atoms with van der Waals surface area (Å²) in [4.78, 5) is 0. The van der Waals surface area contributed by atoms with Crippen LogP contribution in [0.4, 0.5) is 0 Å². The Balaban J connectivity index is 0.000000829. The van der Waals surface area contributed by atoms with Crippen molar-refractivity contribution in [3.8, 4) is 0 Å². The summed E-state index contributed by atoms with van der Waals surface area (Å²) < 4.78 is 1.32. The average molecular weight is 395 g/mol. The Hall–Kier alpha value is -1.31. The highest BCUT2D eigenvalue weighted by atomic mass is 35.5. The van der Waals surface area contributed by atoms with E-state index in [0.29, 0.717) is 11.1 Å². The van der Waals surface area contributed by atoms with Crippen LogP contribution in [0.1, 0.15) is 64.0 Å². The minimum atomic E-state index is 0.112. The molecule has 5 aliphatic rings. The van der Waals surface area contributed by atoms with Gasteiger partial charge in [-0.3, -0.25) is 4.48 Å². The lowest BCUT2D eigenvalue weighted by Crippen LogP contribution is -2.62. The SMILES string of the molecule is C=CC1=C(/C=C\C)C2(C)c3ccccc3[C@]3(CC4CC4)CC4[C@@]1(CC)[N+]423.CCl. The molecule has 1 spiro atoms. The molecule has 1 aromatic carbocycles. The van der Waals surface area contributed by atoms with Crippen molar-refractivity contribution in [2.24, 2.45) is 5.92 Å². The number of allylic oxidation sites excluding steroid dienone is 1. The molecule has 2 heteroatoms. The maximum absolute atomic E-state index is 4.64. The average Bonchev–Trinajstić information content (AvgIpc) is 3.58. The Bertz CT molecular complexity index is 924. The van der Waals surface area contributed by atoms with Gasteiger partial charge in [-0.2, -0.15) is 0 Å². The molecule has 0 amide bonds. The number of alkyl halides is 1. The second kappa shape index (κ2) is 5.64. The molecule has 4 heterocycles. The first-order chi connectivity index (χ1) is 13.6. The molecule has 0 N–H and O–H groups in total. The van der Waals surface area contributed by atoms with E-state index in [9.17, 15) is 0 Å². The molecule has 6 rings (SSSR count). The van der Waals surface area contributed by atoms with Crippen molar-refractivity contribution in [3.05, 3.63) is 71.3 Å². The summed E-state index contributed by atoms with van der Waals surface area (Å²) in [7, 11) is 0. The molecule has 148 valence electrons. The van der Waals surface area contributed by atoms with Gasteiger partial charge in [0.15, 0.2) is 17.1 Å². The fourth-order valence-corrected chi connectivity index (χ4v) is 8.54. The Morgan fingerprint density at radius 1 is 1.18 bits per heavy atom. The highest BCUT2D eigenvalue weighted by Gasteiger charge is 3.03. The molecule has 1 saturated carbocycles. The normalized spacial score (nSPS) is 43.7. The highest BCUT2D eigenvalue weighted by Crippen LogP contribution is 2.90. The number of rotatable bonds is 5. The first-order valence-corrected chi connectivity index (χ1v) is 11.7. The van der Waals surface area contributed by atoms with Gasteiger partial charge in [0.2, 0.25) is 0 Å². The van der Waals surface area contributed by atoms with Crippen LogP contribution in [0.2, 0.25) is 0 Å². The van der Waals surface area contributed by atoms with E-state index in [2.05, 4.69) is 81.4 Å². The van der Waals surface area contributed by atoms with E-state index in [4.69, 9.17) is 0 Å². The number of benzene rings is 1. The quantitative estimate of drug-likeness (QED) is 0.300. The molecule has 1 aromatic rings. The summed E-state index contributed by atoms with van der Waals surface area (Å²) in [5, 5.41) is 0. The van der Waals surface area contributed by atoms with Crippen molar-refractivity contribution in [2.75, 3.05) is 6.38 Å². The Morgan fingerprint density at radius 3 is 2.43 bits per heavy atom. The van der Waals surface area contributed by atoms with Gasteiger partial charge in [-0.05, 0) is 32.6 Å². The zero-order valence-corrected chi connectivity index (χ0v) is 18.5. The van der Waals surface area contributed by atoms with Crippen LogP contribution in [0.15, 0.2) is 60.2 Å². The maximum atomic E-state index is 4.64. The molecule has 1 aliphatic carbocycles. The predicted molar refractivity (Wildman–Crippen MR) is 118 cm³/mol. The van der Waals surface area contributed by atoms with Gasteiger partial charge >= 0.3 is 0 Å². The third-order valence-electron chi connectivity index (χ3n) is 9.13. The zero-order chi connectivity index (χ0) is 19.9. The standard InChI is InChI=1S/C25H30N.CH3Cl/c1-5-10-19-18(6-2)25(7-3)22-16-24(15-17-13-14-17)21-12-9-8-11-20(21)23(19,4)26(22,24)25;1-2/h5-6,8-12,17,22H,2,7,13-16H2,1,3-4H3;1H3/q+1;/b10-5-;/t22?,23?,24-,25-,26?;/m0./s1. The molecule has 5 atom stereocenters. The summed E-state index contributed by atoms with van der Waals surface area (Å²) >= 11 is 4.64. The van der Waals surface area contributed by atoms with E-state index < -0.39 is 0 Å². The lowest BCUT2D eigenvalue weighted by atomic mass is 9.75. The van der Waals surface area contributed by atoms with Gasteiger partial charge in [-0.25, -0.2) is 0 Å². The Morgan fingerprint density at radius 2 is 1.86 bits per heavy atom. The molecule has 3 unspecified atom stereocenters. The minimum absolute atomic E-state index is 0.112. The van der Waals surface area contributed by atoms with Crippen LogP contribution in [-0.4, -0.2) is 22.4 Å². The van der Waals surface area contributed by atoms with Gasteiger partial charge in [0.1, 0.15) is 5.54 Å². The van der Waals surface area contributed by atoms with Gasteiger partial charge in [0, 0.05) is 41.5 Å². The largest absolute Gasteiger partial charge is 0.281 e. The zero-order valence-electron chi connectivity index (χ0n) is 17.8. The van der Waals surface area contributed by atoms with E-state index >= 15 is 0 Å². The van der Waals surface area contributed by atoms with Crippen molar-refractivity contribution in [1.29, 1.82) is 0 Å². The predicted octanol–water partition coefficient (Wildman–Crippen LogP) is 6.59. The fraction of sp³-hybridized carbons (Fsp3) is 0.538. The number of hydrogen-bond donors (Lipinski definition) is 0. The van der Waals surface area contributed by atoms with Gasteiger partial charge in [0.25, 0.3) is 0 Å². The van der Waals surface area contributed by atoms with Crippen LogP contribution in [0.3, 0.4) is 0 Å². The van der Waals surface area contributed by atoms with Crippen molar-refractivity contribution >= 4 is 11.6 Å². The van der Waals surface area contributed by atoms with Gasteiger partial charge < -0.3 is 0 Å². The molecular weight excluding hydrogens is 362 g/mol. The smallest absolute Gasteiger partial charge is 0.180 e. The van der Waals surface area contributed by atoms with E-state index in [1.54, 1.807) is 22.3 Å². The second-order valence-corrected chi connectivity index (χ2v) is 9.55. The highest BCUT2D eigenvalue weighted by molar-refractivity contribution is 6.15. The third-order valence-corrected chi connectivity index (χ3v) is 9.13. The van der Waals surface area contributed by atoms with Crippen LogP contribution in [0.25, 0.3) is 0 Å². The van der Waals surface area contributed by atoms with Crippen molar-refractivity contribution in [2.45, 2.75) is 75.5 Å². The van der Waals surface area contributed by atoms with E-state index in [-0.39, 0.29) is 5.54 Å². The summed E-state index contributed by atoms with van der Waals surface area (Å²) in [6.45, 7) is 11.5. The summed E-state index contributed by atoms with van der Waals surface area (Å²) in [6.07, 6.45) is 15.3. The Labute approximate surface area is 175 Å². The first-order valence-electron chi connectivity index (χ1n) is 11.0. The number of fused-ring (bicyclic) bond motifs is 4. The first kappa shape index (κ1) is 18.7. The number of halogens is 1. The second-order valence-electron chi connectivity index (χ2n) is 9.55. The molecule has 28 heavy (non-hydrogen) atoms. The topological polar surface area (TPSA) is 0 Å². The van der Waals surface area contributed by atoms with Crippen LogP contribution in [0, 0.1) is 5.92 Å². The maximum Gasteiger partial charge on any atom is 0.180 e. The van der Waals surface area contributed by atoms with Crippen LogP contribution >= 0.6 is 11.6 Å². The van der Waals surface area contributed by atoms with E-state index in [0.717, 1.165) is 12.0 Å². The number of nitrogens with zero attached hydrogens (tertiary/aromatic N) is 1. The van der Waals surface area contributed by atoms with Crippen LogP contribution in [0.5, 0.6) is 0 Å². The molecule has 0 bridgehead atoms. The summed E-state index contributed by atoms with van der Waals surface area (Å²) in [6, 6.07) is 10.3. The molecule has 0 aromatic heterocycles. The lowest BCUT2D eigenvalue weighted by molar-refractivity contribution is -0.970. The molecule has 2 saturated heterocycles. The van der Waals surface area contributed by atoms with Crippen molar-refractivity contribution in [3.63, 3.8) is 0 Å². The molecule has 4 aliphatic heterocycles. The minimum Gasteiger partial charge on any atom is -0.281 e. The number of hydrogen-bond acceptors (Lipinski definition) is 0. The van der Waals surface area contributed by atoms with E-state index in [1.165, 1.54) is 43.0 Å². The summed E-state index contributed by atoms with van der Waals surface area (Å²) in [5.41, 5.74) is 7.22. The summed E-state index contributed by atoms with van der Waals surface area (Å²) in [5.74, 6) is 0.965. The molecule has 3 fully saturated rings. The molecule has 0 radical (unpaired) electrons. The van der Waals surface area contributed by atoms with Crippen LogP contribution < -0.4 is 0 Å².